The van der Waals surface area contributed by atoms with Gasteiger partial charge in [-0.2, -0.15) is 0 Å². The van der Waals surface area contributed by atoms with E-state index in [-0.39, 0.29) is 24.4 Å². The molecule has 3 nitrogen and oxygen atoms in total. The SMILES string of the molecule is CNCC(=O)NC(C)c1cccc2ccccc12.Cl. The van der Waals surface area contributed by atoms with Crippen LogP contribution in [0.5, 0.6) is 0 Å². The number of hydrogen-bond donors (Lipinski definition) is 2. The molecular formula is C15H19ClN2O. The zero-order valence-corrected chi connectivity index (χ0v) is 12.0. The lowest BCUT2D eigenvalue weighted by Gasteiger charge is -2.16. The molecule has 102 valence electrons. The summed E-state index contributed by atoms with van der Waals surface area (Å²) in [7, 11) is 1.77. The van der Waals surface area contributed by atoms with E-state index >= 15 is 0 Å². The van der Waals surface area contributed by atoms with Gasteiger partial charge in [0.2, 0.25) is 5.91 Å². The highest BCUT2D eigenvalue weighted by molar-refractivity contribution is 5.87. The highest BCUT2D eigenvalue weighted by atomic mass is 35.5. The Morgan fingerprint density at radius 2 is 1.84 bits per heavy atom. The van der Waals surface area contributed by atoms with Crippen molar-refractivity contribution in [2.75, 3.05) is 13.6 Å². The Balaban J connectivity index is 0.00000180. The van der Waals surface area contributed by atoms with Gasteiger partial charge in [0.15, 0.2) is 0 Å². The van der Waals surface area contributed by atoms with Crippen molar-refractivity contribution in [2.24, 2.45) is 0 Å². The lowest BCUT2D eigenvalue weighted by atomic mass is 10.00. The number of carbonyl (C=O) groups is 1. The number of benzene rings is 2. The third kappa shape index (κ3) is 3.69. The maximum absolute atomic E-state index is 11.6. The van der Waals surface area contributed by atoms with E-state index in [1.165, 1.54) is 10.8 Å². The van der Waals surface area contributed by atoms with Crippen molar-refractivity contribution < 1.29 is 4.79 Å². The Labute approximate surface area is 119 Å². The molecular weight excluding hydrogens is 260 g/mol. The first kappa shape index (κ1) is 15.5. The van der Waals surface area contributed by atoms with Gasteiger partial charge in [-0.3, -0.25) is 4.79 Å². The molecule has 2 aromatic carbocycles. The zero-order valence-electron chi connectivity index (χ0n) is 11.1. The van der Waals surface area contributed by atoms with Crippen molar-refractivity contribution in [1.29, 1.82) is 0 Å². The van der Waals surface area contributed by atoms with Gasteiger partial charge >= 0.3 is 0 Å². The zero-order chi connectivity index (χ0) is 13.0. The summed E-state index contributed by atoms with van der Waals surface area (Å²) in [4.78, 5) is 11.6. The van der Waals surface area contributed by atoms with Crippen LogP contribution in [0.25, 0.3) is 10.8 Å². The second-order valence-electron chi connectivity index (χ2n) is 4.39. The largest absolute Gasteiger partial charge is 0.348 e. The first-order valence-electron chi connectivity index (χ1n) is 6.14. The van der Waals surface area contributed by atoms with Crippen LogP contribution in [0.4, 0.5) is 0 Å². The Morgan fingerprint density at radius 3 is 2.58 bits per heavy atom. The normalized spacial score (nSPS) is 11.7. The number of likely N-dealkylation sites (N-methyl/N-ethyl adjacent to an activating group) is 1. The molecule has 4 heteroatoms. The van der Waals surface area contributed by atoms with E-state index in [0.29, 0.717) is 6.54 Å². The van der Waals surface area contributed by atoms with E-state index in [9.17, 15) is 4.79 Å². The Bertz CT molecular complexity index is 551. The molecule has 0 aliphatic heterocycles. The quantitative estimate of drug-likeness (QED) is 0.903. The van der Waals surface area contributed by atoms with Crippen LogP contribution >= 0.6 is 12.4 Å². The van der Waals surface area contributed by atoms with Crippen LogP contribution in [0.15, 0.2) is 42.5 Å². The Hall–Kier alpha value is -1.58. The number of halogens is 1. The first-order valence-corrected chi connectivity index (χ1v) is 6.14. The van der Waals surface area contributed by atoms with E-state index in [4.69, 9.17) is 0 Å². The number of amides is 1. The highest BCUT2D eigenvalue weighted by Gasteiger charge is 2.11. The summed E-state index contributed by atoms with van der Waals surface area (Å²) in [6, 6.07) is 14.4. The molecule has 0 aliphatic rings. The minimum Gasteiger partial charge on any atom is -0.348 e. The summed E-state index contributed by atoms with van der Waals surface area (Å²) in [6.45, 7) is 2.35. The molecule has 0 fully saturated rings. The van der Waals surface area contributed by atoms with Gasteiger partial charge in [-0.25, -0.2) is 0 Å². The molecule has 0 bridgehead atoms. The summed E-state index contributed by atoms with van der Waals surface area (Å²) in [5, 5.41) is 8.23. The topological polar surface area (TPSA) is 41.1 Å². The van der Waals surface area contributed by atoms with Crippen molar-refractivity contribution in [3.05, 3.63) is 48.0 Å². The smallest absolute Gasteiger partial charge is 0.234 e. The summed E-state index contributed by atoms with van der Waals surface area (Å²) in [5.74, 6) is 0.0120. The standard InChI is InChI=1S/C15H18N2O.ClH/c1-11(17-15(18)10-16-2)13-9-5-7-12-6-3-4-8-14(12)13;/h3-9,11,16H,10H2,1-2H3,(H,17,18);1H. The summed E-state index contributed by atoms with van der Waals surface area (Å²) in [5.41, 5.74) is 1.15. The lowest BCUT2D eigenvalue weighted by Crippen LogP contribution is -2.33. The van der Waals surface area contributed by atoms with Gasteiger partial charge in [-0.15, -0.1) is 12.4 Å². The van der Waals surface area contributed by atoms with Gasteiger partial charge in [-0.1, -0.05) is 42.5 Å². The minimum atomic E-state index is 0. The maximum atomic E-state index is 11.6. The fraction of sp³-hybridized carbons (Fsp3) is 0.267. The Morgan fingerprint density at radius 1 is 1.16 bits per heavy atom. The highest BCUT2D eigenvalue weighted by Crippen LogP contribution is 2.23. The van der Waals surface area contributed by atoms with Crippen molar-refractivity contribution in [2.45, 2.75) is 13.0 Å². The Kier molecular flexibility index (Phi) is 5.80. The molecule has 0 heterocycles. The van der Waals surface area contributed by atoms with Crippen molar-refractivity contribution in [1.82, 2.24) is 10.6 Å². The number of fused-ring (bicyclic) bond motifs is 1. The third-order valence-electron chi connectivity index (χ3n) is 3.00. The third-order valence-corrected chi connectivity index (χ3v) is 3.00. The van der Waals surface area contributed by atoms with Crippen LogP contribution in [0.3, 0.4) is 0 Å². The van der Waals surface area contributed by atoms with Gasteiger partial charge in [0, 0.05) is 0 Å². The van der Waals surface area contributed by atoms with E-state index in [0.717, 1.165) is 5.56 Å². The van der Waals surface area contributed by atoms with E-state index < -0.39 is 0 Å². The second-order valence-corrected chi connectivity index (χ2v) is 4.39. The molecule has 1 amide bonds. The maximum Gasteiger partial charge on any atom is 0.234 e. The molecule has 2 N–H and O–H groups in total. The van der Waals surface area contributed by atoms with E-state index in [1.807, 2.05) is 25.1 Å². The molecule has 0 spiro atoms. The van der Waals surface area contributed by atoms with Gasteiger partial charge in [0.1, 0.15) is 0 Å². The monoisotopic (exact) mass is 278 g/mol. The van der Waals surface area contributed by atoms with Gasteiger partial charge < -0.3 is 10.6 Å². The predicted octanol–water partition coefficient (Wildman–Crippen LogP) is 2.66. The summed E-state index contributed by atoms with van der Waals surface area (Å²) in [6.07, 6.45) is 0. The van der Waals surface area contributed by atoms with Crippen LogP contribution in [-0.2, 0) is 4.79 Å². The summed E-state index contributed by atoms with van der Waals surface area (Å²) < 4.78 is 0. The van der Waals surface area contributed by atoms with Crippen LogP contribution in [0, 0.1) is 0 Å². The molecule has 0 radical (unpaired) electrons. The molecule has 1 unspecified atom stereocenters. The average molecular weight is 279 g/mol. The second kappa shape index (κ2) is 7.12. The molecule has 0 saturated carbocycles. The predicted molar refractivity (Wildman–Crippen MR) is 81.7 cm³/mol. The number of nitrogens with one attached hydrogen (secondary N) is 2. The van der Waals surface area contributed by atoms with Crippen molar-refractivity contribution in [3.63, 3.8) is 0 Å². The van der Waals surface area contributed by atoms with Crippen molar-refractivity contribution >= 4 is 29.1 Å². The van der Waals surface area contributed by atoms with Gasteiger partial charge in [0.25, 0.3) is 0 Å². The molecule has 0 aromatic heterocycles. The van der Waals surface area contributed by atoms with Crippen molar-refractivity contribution in [3.8, 4) is 0 Å². The minimum absolute atomic E-state index is 0. The molecule has 2 aromatic rings. The molecule has 19 heavy (non-hydrogen) atoms. The van der Waals surface area contributed by atoms with Crippen LogP contribution < -0.4 is 10.6 Å². The molecule has 2 rings (SSSR count). The van der Waals surface area contributed by atoms with Gasteiger partial charge in [0.05, 0.1) is 12.6 Å². The number of rotatable bonds is 4. The average Bonchev–Trinajstić information content (AvgIpc) is 2.38. The summed E-state index contributed by atoms with van der Waals surface area (Å²) >= 11 is 0. The van der Waals surface area contributed by atoms with Crippen LogP contribution in [0.1, 0.15) is 18.5 Å². The molecule has 0 saturated heterocycles. The van der Waals surface area contributed by atoms with E-state index in [1.54, 1.807) is 7.05 Å². The molecule has 1 atom stereocenters. The van der Waals surface area contributed by atoms with E-state index in [2.05, 4.69) is 34.9 Å². The van der Waals surface area contributed by atoms with Crippen LogP contribution in [0.2, 0.25) is 0 Å². The molecule has 0 aliphatic carbocycles. The lowest BCUT2D eigenvalue weighted by molar-refractivity contribution is -0.120. The van der Waals surface area contributed by atoms with Crippen LogP contribution in [-0.4, -0.2) is 19.5 Å². The number of carbonyl (C=O) groups excluding carboxylic acids is 1. The van der Waals surface area contributed by atoms with Gasteiger partial charge in [-0.05, 0) is 30.3 Å². The fourth-order valence-corrected chi connectivity index (χ4v) is 2.16. The fourth-order valence-electron chi connectivity index (χ4n) is 2.16. The number of hydrogen-bond acceptors (Lipinski definition) is 2. The first-order chi connectivity index (χ1) is 8.72.